The van der Waals surface area contributed by atoms with Crippen molar-refractivity contribution in [3.63, 3.8) is 0 Å². The summed E-state index contributed by atoms with van der Waals surface area (Å²) in [6.07, 6.45) is 7.65. The van der Waals surface area contributed by atoms with Gasteiger partial charge in [0.2, 0.25) is 4.77 Å². The van der Waals surface area contributed by atoms with E-state index in [-0.39, 0.29) is 0 Å². The van der Waals surface area contributed by atoms with Crippen LogP contribution < -0.4 is 4.74 Å². The average molecular weight is 330 g/mol. The Kier molecular flexibility index (Phi) is 5.23. The quantitative estimate of drug-likeness (QED) is 0.447. The first-order valence-electron chi connectivity index (χ1n) is 8.22. The lowest BCUT2D eigenvalue weighted by molar-refractivity contribution is 0.306. The number of ether oxygens (including phenoxy) is 1. The van der Waals surface area contributed by atoms with E-state index in [1.54, 1.807) is 10.9 Å². The highest BCUT2D eigenvalue weighted by molar-refractivity contribution is 7.71. The van der Waals surface area contributed by atoms with Gasteiger partial charge in [0.25, 0.3) is 0 Å². The molecule has 0 bridgehead atoms. The minimum atomic E-state index is 0.499. The number of H-pyrrole nitrogens is 1. The van der Waals surface area contributed by atoms with Crippen molar-refractivity contribution in [1.29, 1.82) is 0 Å². The summed E-state index contributed by atoms with van der Waals surface area (Å²) in [5.41, 5.74) is 1.01. The SMILES string of the molecule is CCCCCOc1ccc(/C=N\n2c(C3CC3)n[nH]c2=S)cc1. The Morgan fingerprint density at radius 3 is 2.83 bits per heavy atom. The molecule has 1 saturated carbocycles. The maximum Gasteiger partial charge on any atom is 0.216 e. The fourth-order valence-corrected chi connectivity index (χ4v) is 2.52. The topological polar surface area (TPSA) is 55.2 Å². The average Bonchev–Trinajstić information content (AvgIpc) is 3.35. The van der Waals surface area contributed by atoms with Crippen LogP contribution in [0.3, 0.4) is 0 Å². The Morgan fingerprint density at radius 2 is 2.13 bits per heavy atom. The van der Waals surface area contributed by atoms with E-state index >= 15 is 0 Å². The molecule has 1 fully saturated rings. The number of nitrogens with one attached hydrogen (secondary N) is 1. The van der Waals surface area contributed by atoms with E-state index in [4.69, 9.17) is 17.0 Å². The van der Waals surface area contributed by atoms with Crippen LogP contribution in [0.25, 0.3) is 0 Å². The second-order valence-electron chi connectivity index (χ2n) is 5.84. The maximum atomic E-state index is 5.71. The number of benzene rings is 1. The lowest BCUT2D eigenvalue weighted by Gasteiger charge is -2.05. The number of aromatic amines is 1. The molecule has 1 aromatic carbocycles. The summed E-state index contributed by atoms with van der Waals surface area (Å²) in [6.45, 7) is 2.96. The predicted octanol–water partition coefficient (Wildman–Crippen LogP) is 4.27. The molecular formula is C17H22N4OS. The highest BCUT2D eigenvalue weighted by Crippen LogP contribution is 2.38. The molecule has 3 rings (SSSR count). The van der Waals surface area contributed by atoms with E-state index in [9.17, 15) is 0 Å². The highest BCUT2D eigenvalue weighted by atomic mass is 32.1. The van der Waals surface area contributed by atoms with E-state index in [0.29, 0.717) is 10.7 Å². The molecule has 122 valence electrons. The molecule has 0 amide bonds. The van der Waals surface area contributed by atoms with Gasteiger partial charge in [-0.25, -0.2) is 0 Å². The van der Waals surface area contributed by atoms with Gasteiger partial charge in [-0.1, -0.05) is 19.8 Å². The summed E-state index contributed by atoms with van der Waals surface area (Å²) in [4.78, 5) is 0. The molecule has 0 spiro atoms. The summed E-state index contributed by atoms with van der Waals surface area (Å²) in [6, 6.07) is 7.95. The van der Waals surface area contributed by atoms with Gasteiger partial charge in [0.05, 0.1) is 12.8 Å². The van der Waals surface area contributed by atoms with Gasteiger partial charge in [-0.05, 0) is 61.3 Å². The number of nitrogens with zero attached hydrogens (tertiary/aromatic N) is 3. The molecule has 23 heavy (non-hydrogen) atoms. The Bertz CT molecular complexity index is 713. The Morgan fingerprint density at radius 1 is 1.35 bits per heavy atom. The predicted molar refractivity (Wildman–Crippen MR) is 93.8 cm³/mol. The summed E-state index contributed by atoms with van der Waals surface area (Å²) in [5.74, 6) is 2.33. The van der Waals surface area contributed by atoms with Gasteiger partial charge in [0, 0.05) is 5.92 Å². The Balaban J connectivity index is 1.62. The van der Waals surface area contributed by atoms with E-state index in [2.05, 4.69) is 22.2 Å². The van der Waals surface area contributed by atoms with Crippen LogP contribution in [0.15, 0.2) is 29.4 Å². The summed E-state index contributed by atoms with van der Waals surface area (Å²) < 4.78 is 7.98. The lowest BCUT2D eigenvalue weighted by atomic mass is 10.2. The molecule has 2 aromatic rings. The number of hydrogen-bond donors (Lipinski definition) is 1. The zero-order valence-corrected chi connectivity index (χ0v) is 14.2. The number of hydrogen-bond acceptors (Lipinski definition) is 4. The summed E-state index contributed by atoms with van der Waals surface area (Å²) in [5, 5.41) is 11.6. The van der Waals surface area contributed by atoms with Crippen molar-refractivity contribution in [2.75, 3.05) is 6.61 Å². The smallest absolute Gasteiger partial charge is 0.216 e. The normalized spacial score (nSPS) is 14.5. The number of unbranched alkanes of at least 4 members (excludes halogenated alkanes) is 2. The van der Waals surface area contributed by atoms with Gasteiger partial charge in [0.15, 0.2) is 5.82 Å². The van der Waals surface area contributed by atoms with Crippen molar-refractivity contribution in [2.45, 2.75) is 44.9 Å². The van der Waals surface area contributed by atoms with Gasteiger partial charge < -0.3 is 4.74 Å². The molecule has 6 heteroatoms. The van der Waals surface area contributed by atoms with E-state index < -0.39 is 0 Å². The molecule has 0 radical (unpaired) electrons. The molecule has 0 aliphatic heterocycles. The lowest BCUT2D eigenvalue weighted by Crippen LogP contribution is -1.98. The Labute approximate surface area is 141 Å². The third-order valence-electron chi connectivity index (χ3n) is 3.84. The second-order valence-corrected chi connectivity index (χ2v) is 6.23. The third kappa shape index (κ3) is 4.28. The largest absolute Gasteiger partial charge is 0.494 e. The highest BCUT2D eigenvalue weighted by Gasteiger charge is 2.29. The number of rotatable bonds is 8. The van der Waals surface area contributed by atoms with Crippen LogP contribution in [0.2, 0.25) is 0 Å². The standard InChI is InChI=1S/C17H22N4OS/c1-2-3-4-11-22-15-9-5-13(6-10-15)12-18-21-16(14-7-8-14)19-20-17(21)23/h5-6,9-10,12,14H,2-4,7-8,11H2,1H3,(H,20,23)/b18-12-. The van der Waals surface area contributed by atoms with Gasteiger partial charge in [-0.3, -0.25) is 5.10 Å². The van der Waals surface area contributed by atoms with E-state index in [0.717, 1.165) is 30.2 Å². The van der Waals surface area contributed by atoms with Crippen molar-refractivity contribution in [3.8, 4) is 5.75 Å². The van der Waals surface area contributed by atoms with Crippen molar-refractivity contribution in [1.82, 2.24) is 14.9 Å². The molecule has 1 N–H and O–H groups in total. The molecular weight excluding hydrogens is 308 g/mol. The van der Waals surface area contributed by atoms with Crippen LogP contribution in [0.1, 0.15) is 56.3 Å². The first-order chi connectivity index (χ1) is 11.3. The fraction of sp³-hybridized carbons (Fsp3) is 0.471. The van der Waals surface area contributed by atoms with Crippen LogP contribution in [-0.4, -0.2) is 27.7 Å². The fourth-order valence-electron chi connectivity index (χ4n) is 2.34. The monoisotopic (exact) mass is 330 g/mol. The minimum Gasteiger partial charge on any atom is -0.494 e. The van der Waals surface area contributed by atoms with Crippen molar-refractivity contribution < 1.29 is 4.74 Å². The summed E-state index contributed by atoms with van der Waals surface area (Å²) in [7, 11) is 0. The van der Waals surface area contributed by atoms with Gasteiger partial charge in [-0.15, -0.1) is 0 Å². The molecule has 5 nitrogen and oxygen atoms in total. The molecule has 0 atom stereocenters. The van der Waals surface area contributed by atoms with Crippen LogP contribution in [0.5, 0.6) is 5.75 Å². The van der Waals surface area contributed by atoms with Crippen molar-refractivity contribution >= 4 is 18.4 Å². The van der Waals surface area contributed by atoms with E-state index in [1.807, 2.05) is 24.3 Å². The molecule has 1 aliphatic rings. The molecule has 0 unspecified atom stereocenters. The van der Waals surface area contributed by atoms with E-state index in [1.165, 1.54) is 25.7 Å². The van der Waals surface area contributed by atoms with Crippen LogP contribution in [0.4, 0.5) is 0 Å². The zero-order valence-electron chi connectivity index (χ0n) is 13.4. The maximum absolute atomic E-state index is 5.71. The molecule has 1 aliphatic carbocycles. The van der Waals surface area contributed by atoms with Crippen molar-refractivity contribution in [2.24, 2.45) is 5.10 Å². The molecule has 1 heterocycles. The Hall–Kier alpha value is -1.95. The first kappa shape index (κ1) is 15.9. The van der Waals surface area contributed by atoms with Crippen molar-refractivity contribution in [3.05, 3.63) is 40.4 Å². The zero-order chi connectivity index (χ0) is 16.1. The summed E-state index contributed by atoms with van der Waals surface area (Å²) >= 11 is 5.24. The first-order valence-corrected chi connectivity index (χ1v) is 8.63. The van der Waals surface area contributed by atoms with Gasteiger partial charge in [0.1, 0.15) is 5.75 Å². The van der Waals surface area contributed by atoms with Gasteiger partial charge in [-0.2, -0.15) is 14.9 Å². The van der Waals surface area contributed by atoms with Crippen LogP contribution >= 0.6 is 12.2 Å². The van der Waals surface area contributed by atoms with Gasteiger partial charge >= 0.3 is 0 Å². The molecule has 0 saturated heterocycles. The van der Waals surface area contributed by atoms with Crippen LogP contribution in [-0.2, 0) is 0 Å². The van der Waals surface area contributed by atoms with Crippen LogP contribution in [0, 0.1) is 4.77 Å². The minimum absolute atomic E-state index is 0.499. The third-order valence-corrected chi connectivity index (χ3v) is 4.10. The second kappa shape index (κ2) is 7.55. The number of aromatic nitrogens is 3. The molecule has 1 aromatic heterocycles.